The van der Waals surface area contributed by atoms with Gasteiger partial charge in [0, 0.05) is 10.7 Å². The van der Waals surface area contributed by atoms with Crippen molar-refractivity contribution in [3.63, 3.8) is 0 Å². The number of fused-ring (bicyclic) bond motifs is 1. The molecule has 0 bridgehead atoms. The Bertz CT molecular complexity index is 1000. The van der Waals surface area contributed by atoms with E-state index in [9.17, 15) is 4.79 Å². The molecular weight excluding hydrogens is 364 g/mol. The lowest BCUT2D eigenvalue weighted by Gasteiger charge is -1.99. The summed E-state index contributed by atoms with van der Waals surface area (Å²) >= 11 is 4.98. The van der Waals surface area contributed by atoms with E-state index in [0.717, 1.165) is 26.1 Å². The molecule has 0 aliphatic rings. The average Bonchev–Trinajstić information content (AvgIpc) is 3.18. The standard InChI is InChI=1S/C15H9BrN4OS/c16-9-3-5-10(6-4-9)20-8-11-13(12-2-1-7-22-12)17-18-15(21)14(11)19-20/h1-8H,(H,18,21). The number of hydrogen-bond donors (Lipinski definition) is 1. The molecule has 1 N–H and O–H groups in total. The topological polar surface area (TPSA) is 63.6 Å². The smallest absolute Gasteiger partial charge is 0.265 e. The van der Waals surface area contributed by atoms with Crippen molar-refractivity contribution in [3.05, 3.63) is 62.8 Å². The summed E-state index contributed by atoms with van der Waals surface area (Å²) < 4.78 is 2.69. The van der Waals surface area contributed by atoms with E-state index in [0.29, 0.717) is 5.52 Å². The molecule has 0 saturated carbocycles. The molecular formula is C15H9BrN4OS. The van der Waals surface area contributed by atoms with Crippen LogP contribution in [0.5, 0.6) is 0 Å². The van der Waals surface area contributed by atoms with Crippen LogP contribution in [-0.4, -0.2) is 20.0 Å². The van der Waals surface area contributed by atoms with Crippen LogP contribution in [0, 0.1) is 0 Å². The molecule has 4 aromatic rings. The van der Waals surface area contributed by atoms with E-state index in [2.05, 4.69) is 31.2 Å². The number of aromatic nitrogens is 4. The lowest BCUT2D eigenvalue weighted by atomic mass is 10.2. The third-order valence-electron chi connectivity index (χ3n) is 3.30. The molecule has 0 fully saturated rings. The van der Waals surface area contributed by atoms with Crippen LogP contribution in [0.15, 0.2) is 57.2 Å². The second-order valence-corrected chi connectivity index (χ2v) is 6.55. The molecule has 0 aliphatic carbocycles. The molecule has 0 amide bonds. The summed E-state index contributed by atoms with van der Waals surface area (Å²) in [5.41, 5.74) is 1.73. The first-order valence-electron chi connectivity index (χ1n) is 6.50. The van der Waals surface area contributed by atoms with Crippen LogP contribution in [0.25, 0.3) is 27.2 Å². The summed E-state index contributed by atoms with van der Waals surface area (Å²) in [6.45, 7) is 0. The van der Waals surface area contributed by atoms with Crippen LogP contribution >= 0.6 is 27.3 Å². The summed E-state index contributed by atoms with van der Waals surface area (Å²) in [6, 6.07) is 11.7. The van der Waals surface area contributed by atoms with Crippen LogP contribution in [0.3, 0.4) is 0 Å². The quantitative estimate of drug-likeness (QED) is 0.584. The number of H-pyrrole nitrogens is 1. The average molecular weight is 373 g/mol. The maximum absolute atomic E-state index is 12.0. The SMILES string of the molecule is O=c1[nH]nc(-c2cccs2)c2cn(-c3ccc(Br)cc3)nc12. The minimum atomic E-state index is -0.286. The predicted octanol–water partition coefficient (Wildman–Crippen LogP) is 3.60. The van der Waals surface area contributed by atoms with Gasteiger partial charge in [0.1, 0.15) is 5.69 Å². The summed E-state index contributed by atoms with van der Waals surface area (Å²) in [5.74, 6) is 0. The highest BCUT2D eigenvalue weighted by Gasteiger charge is 2.14. The fourth-order valence-electron chi connectivity index (χ4n) is 2.26. The van der Waals surface area contributed by atoms with Crippen molar-refractivity contribution >= 4 is 38.2 Å². The van der Waals surface area contributed by atoms with Gasteiger partial charge >= 0.3 is 0 Å². The van der Waals surface area contributed by atoms with E-state index in [1.165, 1.54) is 0 Å². The highest BCUT2D eigenvalue weighted by Crippen LogP contribution is 2.28. The lowest BCUT2D eigenvalue weighted by Crippen LogP contribution is -2.09. The van der Waals surface area contributed by atoms with Crippen LogP contribution in [-0.2, 0) is 0 Å². The number of thiophene rings is 1. The minimum absolute atomic E-state index is 0.286. The fraction of sp³-hybridized carbons (Fsp3) is 0. The largest absolute Gasteiger partial charge is 0.292 e. The Kier molecular flexibility index (Phi) is 3.16. The molecule has 4 rings (SSSR count). The third-order valence-corrected chi connectivity index (χ3v) is 4.70. The van der Waals surface area contributed by atoms with Gasteiger partial charge in [-0.25, -0.2) is 9.78 Å². The monoisotopic (exact) mass is 372 g/mol. The molecule has 1 aromatic carbocycles. The zero-order valence-corrected chi connectivity index (χ0v) is 13.6. The van der Waals surface area contributed by atoms with Crippen molar-refractivity contribution in [1.29, 1.82) is 0 Å². The van der Waals surface area contributed by atoms with Crippen LogP contribution in [0.1, 0.15) is 0 Å². The molecule has 3 aromatic heterocycles. The molecule has 0 aliphatic heterocycles. The first-order chi connectivity index (χ1) is 10.7. The zero-order valence-electron chi connectivity index (χ0n) is 11.2. The van der Waals surface area contributed by atoms with Gasteiger partial charge in [-0.15, -0.1) is 11.3 Å². The summed E-state index contributed by atoms with van der Waals surface area (Å²) in [5, 5.41) is 13.8. The van der Waals surface area contributed by atoms with E-state index < -0.39 is 0 Å². The predicted molar refractivity (Wildman–Crippen MR) is 90.5 cm³/mol. The molecule has 0 saturated heterocycles. The number of hydrogen-bond acceptors (Lipinski definition) is 4. The molecule has 7 heteroatoms. The number of aromatic amines is 1. The van der Waals surface area contributed by atoms with Crippen LogP contribution in [0.2, 0.25) is 0 Å². The van der Waals surface area contributed by atoms with E-state index >= 15 is 0 Å². The molecule has 0 atom stereocenters. The Morgan fingerprint density at radius 2 is 2.00 bits per heavy atom. The zero-order chi connectivity index (χ0) is 15.1. The Balaban J connectivity index is 1.97. The Morgan fingerprint density at radius 1 is 1.18 bits per heavy atom. The molecule has 0 unspecified atom stereocenters. The maximum Gasteiger partial charge on any atom is 0.292 e. The lowest BCUT2D eigenvalue weighted by molar-refractivity contribution is 0.891. The summed E-state index contributed by atoms with van der Waals surface area (Å²) in [6.07, 6.45) is 1.84. The van der Waals surface area contributed by atoms with Gasteiger partial charge in [-0.3, -0.25) is 4.79 Å². The number of benzene rings is 1. The second-order valence-electron chi connectivity index (χ2n) is 4.69. The van der Waals surface area contributed by atoms with Gasteiger partial charge in [0.25, 0.3) is 5.56 Å². The van der Waals surface area contributed by atoms with Gasteiger partial charge < -0.3 is 0 Å². The highest BCUT2D eigenvalue weighted by molar-refractivity contribution is 9.10. The fourth-order valence-corrected chi connectivity index (χ4v) is 3.25. The van der Waals surface area contributed by atoms with E-state index in [1.54, 1.807) is 16.0 Å². The first-order valence-corrected chi connectivity index (χ1v) is 8.17. The third kappa shape index (κ3) is 2.18. The van der Waals surface area contributed by atoms with Crippen LogP contribution in [0.4, 0.5) is 0 Å². The molecule has 5 nitrogen and oxygen atoms in total. The van der Waals surface area contributed by atoms with Gasteiger partial charge in [-0.05, 0) is 35.7 Å². The van der Waals surface area contributed by atoms with Crippen molar-refractivity contribution in [2.45, 2.75) is 0 Å². The number of halogens is 1. The van der Waals surface area contributed by atoms with Crippen LogP contribution < -0.4 is 5.56 Å². The van der Waals surface area contributed by atoms with Crippen molar-refractivity contribution in [3.8, 4) is 16.3 Å². The number of nitrogens with zero attached hydrogens (tertiary/aromatic N) is 3. The number of nitrogens with one attached hydrogen (secondary N) is 1. The van der Waals surface area contributed by atoms with Crippen molar-refractivity contribution in [2.24, 2.45) is 0 Å². The highest BCUT2D eigenvalue weighted by atomic mass is 79.9. The first kappa shape index (κ1) is 13.4. The minimum Gasteiger partial charge on any atom is -0.265 e. The Labute approximate surface area is 137 Å². The maximum atomic E-state index is 12.0. The summed E-state index contributed by atoms with van der Waals surface area (Å²) in [7, 11) is 0. The Hall–Kier alpha value is -2.25. The Morgan fingerprint density at radius 3 is 2.73 bits per heavy atom. The van der Waals surface area contributed by atoms with Crippen molar-refractivity contribution in [1.82, 2.24) is 20.0 Å². The molecule has 0 radical (unpaired) electrons. The van der Waals surface area contributed by atoms with Gasteiger partial charge in [0.05, 0.1) is 16.0 Å². The van der Waals surface area contributed by atoms with E-state index in [-0.39, 0.29) is 5.56 Å². The van der Waals surface area contributed by atoms with Gasteiger partial charge in [-0.2, -0.15) is 10.2 Å². The molecule has 108 valence electrons. The molecule has 22 heavy (non-hydrogen) atoms. The molecule has 3 heterocycles. The van der Waals surface area contributed by atoms with Crippen molar-refractivity contribution < 1.29 is 0 Å². The molecule has 0 spiro atoms. The van der Waals surface area contributed by atoms with E-state index in [4.69, 9.17) is 0 Å². The van der Waals surface area contributed by atoms with Gasteiger partial charge in [-0.1, -0.05) is 22.0 Å². The second kappa shape index (κ2) is 5.19. The van der Waals surface area contributed by atoms with Gasteiger partial charge in [0.2, 0.25) is 0 Å². The normalized spacial score (nSPS) is 11.1. The van der Waals surface area contributed by atoms with Crippen molar-refractivity contribution in [2.75, 3.05) is 0 Å². The number of rotatable bonds is 2. The van der Waals surface area contributed by atoms with E-state index in [1.807, 2.05) is 48.0 Å². The summed E-state index contributed by atoms with van der Waals surface area (Å²) in [4.78, 5) is 13.0. The van der Waals surface area contributed by atoms with Gasteiger partial charge in [0.15, 0.2) is 5.52 Å².